The highest BCUT2D eigenvalue weighted by molar-refractivity contribution is 9.10. The van der Waals surface area contributed by atoms with Gasteiger partial charge in [0.15, 0.2) is 0 Å². The lowest BCUT2D eigenvalue weighted by Gasteiger charge is -2.10. The Hall–Kier alpha value is -0.490. The summed E-state index contributed by atoms with van der Waals surface area (Å²) in [7, 11) is 1.63. The number of methoxy groups -OCH3 is 1. The highest BCUT2D eigenvalue weighted by Gasteiger charge is 2.09. The molecular weight excluding hydrogens is 355 g/mol. The highest BCUT2D eigenvalue weighted by Crippen LogP contribution is 2.35. The Kier molecular flexibility index (Phi) is 7.53. The molecule has 2 N–H and O–H groups in total. The van der Waals surface area contributed by atoms with Gasteiger partial charge in [-0.05, 0) is 34.5 Å². The van der Waals surface area contributed by atoms with Crippen molar-refractivity contribution >= 4 is 50.7 Å². The normalized spacial score (nSPS) is 10.3. The third kappa shape index (κ3) is 5.57. The fourth-order valence-electron chi connectivity index (χ4n) is 1.34. The number of halogens is 3. The zero-order valence-corrected chi connectivity index (χ0v) is 13.5. The number of anilines is 1. The molecule has 0 unspecified atom stereocenters. The molecule has 0 aromatic heterocycles. The molecule has 0 heterocycles. The van der Waals surface area contributed by atoms with Gasteiger partial charge in [0, 0.05) is 24.7 Å². The van der Waals surface area contributed by atoms with Crippen LogP contribution < -0.4 is 10.6 Å². The Morgan fingerprint density at radius 1 is 1.37 bits per heavy atom. The molecule has 1 aromatic rings. The number of hydrogen-bond acceptors (Lipinski definition) is 3. The number of benzene rings is 1. The molecule has 4 nitrogen and oxygen atoms in total. The average Bonchev–Trinajstić information content (AvgIpc) is 2.40. The third-order valence-electron chi connectivity index (χ3n) is 2.32. The zero-order valence-electron chi connectivity index (χ0n) is 10.4. The summed E-state index contributed by atoms with van der Waals surface area (Å²) in [4.78, 5) is 11.5. The molecule has 106 valence electrons. The summed E-state index contributed by atoms with van der Waals surface area (Å²) in [5.41, 5.74) is 0.627. The summed E-state index contributed by atoms with van der Waals surface area (Å²) in [6.45, 7) is 1.36. The standard InChI is InChI=1S/C12H15BrCl2N2O2/c1-19-6-2-5-16-10(18)7-17-9-4-3-8(13)11(14)12(9)15/h3-4,17H,2,5-7H2,1H3,(H,16,18). The predicted octanol–water partition coefficient (Wildman–Crippen LogP) is 3.32. The monoisotopic (exact) mass is 368 g/mol. The van der Waals surface area contributed by atoms with E-state index < -0.39 is 0 Å². The van der Waals surface area contributed by atoms with Gasteiger partial charge >= 0.3 is 0 Å². The minimum absolute atomic E-state index is 0.105. The first-order chi connectivity index (χ1) is 9.06. The van der Waals surface area contributed by atoms with Crippen molar-refractivity contribution in [3.63, 3.8) is 0 Å². The summed E-state index contributed by atoms with van der Waals surface area (Å²) in [5, 5.41) is 6.52. The molecule has 1 amide bonds. The van der Waals surface area contributed by atoms with Crippen molar-refractivity contribution < 1.29 is 9.53 Å². The number of carbonyl (C=O) groups excluding carboxylic acids is 1. The molecular formula is C12H15BrCl2N2O2. The van der Waals surface area contributed by atoms with E-state index in [0.29, 0.717) is 33.4 Å². The Balaban J connectivity index is 2.40. The van der Waals surface area contributed by atoms with E-state index in [2.05, 4.69) is 26.6 Å². The Morgan fingerprint density at radius 2 is 2.11 bits per heavy atom. The van der Waals surface area contributed by atoms with Crippen LogP contribution in [-0.4, -0.2) is 32.7 Å². The number of nitrogens with one attached hydrogen (secondary N) is 2. The van der Waals surface area contributed by atoms with Crippen LogP contribution in [0.5, 0.6) is 0 Å². The largest absolute Gasteiger partial charge is 0.385 e. The first-order valence-electron chi connectivity index (χ1n) is 5.69. The van der Waals surface area contributed by atoms with Crippen LogP contribution in [0.4, 0.5) is 5.69 Å². The van der Waals surface area contributed by atoms with Crippen molar-refractivity contribution in [3.8, 4) is 0 Å². The summed E-state index contributed by atoms with van der Waals surface area (Å²) in [6, 6.07) is 3.53. The molecule has 0 radical (unpaired) electrons. The van der Waals surface area contributed by atoms with Gasteiger partial charge in [-0.3, -0.25) is 4.79 Å². The second-order valence-corrected chi connectivity index (χ2v) is 5.38. The van der Waals surface area contributed by atoms with Gasteiger partial charge in [0.2, 0.25) is 5.91 Å². The lowest BCUT2D eigenvalue weighted by Crippen LogP contribution is -2.31. The van der Waals surface area contributed by atoms with Crippen LogP contribution in [0.3, 0.4) is 0 Å². The number of carbonyl (C=O) groups is 1. The number of amides is 1. The maximum Gasteiger partial charge on any atom is 0.239 e. The topological polar surface area (TPSA) is 50.4 Å². The first kappa shape index (κ1) is 16.6. The van der Waals surface area contributed by atoms with E-state index in [1.165, 1.54) is 0 Å². The molecule has 0 bridgehead atoms. The number of hydrogen-bond donors (Lipinski definition) is 2. The Morgan fingerprint density at radius 3 is 2.79 bits per heavy atom. The molecule has 0 aliphatic carbocycles. The highest BCUT2D eigenvalue weighted by atomic mass is 79.9. The lowest BCUT2D eigenvalue weighted by molar-refractivity contribution is -0.119. The van der Waals surface area contributed by atoms with Crippen LogP contribution >= 0.6 is 39.1 Å². The number of ether oxygens (including phenoxy) is 1. The SMILES string of the molecule is COCCCNC(=O)CNc1ccc(Br)c(Cl)c1Cl. The van der Waals surface area contributed by atoms with E-state index in [4.69, 9.17) is 27.9 Å². The average molecular weight is 370 g/mol. The predicted molar refractivity (Wildman–Crippen MR) is 82.2 cm³/mol. The summed E-state index contributed by atoms with van der Waals surface area (Å²) in [6.07, 6.45) is 0.785. The zero-order chi connectivity index (χ0) is 14.3. The van der Waals surface area contributed by atoms with Crippen molar-refractivity contribution in [1.29, 1.82) is 0 Å². The Labute approximate surface area is 130 Å². The van der Waals surface area contributed by atoms with Crippen LogP contribution in [0.25, 0.3) is 0 Å². The van der Waals surface area contributed by atoms with E-state index in [1.54, 1.807) is 19.2 Å². The van der Waals surface area contributed by atoms with Crippen molar-refractivity contribution in [3.05, 3.63) is 26.7 Å². The van der Waals surface area contributed by atoms with Gasteiger partial charge in [0.25, 0.3) is 0 Å². The molecule has 1 aromatic carbocycles. The van der Waals surface area contributed by atoms with E-state index in [-0.39, 0.29) is 12.5 Å². The molecule has 0 aliphatic rings. The fourth-order valence-corrected chi connectivity index (χ4v) is 2.19. The minimum Gasteiger partial charge on any atom is -0.385 e. The second kappa shape index (κ2) is 8.64. The van der Waals surface area contributed by atoms with Crippen LogP contribution in [-0.2, 0) is 9.53 Å². The van der Waals surface area contributed by atoms with Crippen LogP contribution in [0, 0.1) is 0 Å². The summed E-state index contributed by atoms with van der Waals surface area (Å²) >= 11 is 15.3. The molecule has 19 heavy (non-hydrogen) atoms. The summed E-state index contributed by atoms with van der Waals surface area (Å²) < 4.78 is 5.61. The molecule has 1 rings (SSSR count). The minimum atomic E-state index is -0.105. The molecule has 0 aliphatic heterocycles. The van der Waals surface area contributed by atoms with Crippen molar-refractivity contribution in [2.24, 2.45) is 0 Å². The molecule has 0 saturated carbocycles. The van der Waals surface area contributed by atoms with Gasteiger partial charge in [-0.25, -0.2) is 0 Å². The van der Waals surface area contributed by atoms with Crippen LogP contribution in [0.2, 0.25) is 10.0 Å². The molecule has 0 fully saturated rings. The lowest BCUT2D eigenvalue weighted by atomic mass is 10.3. The Bertz CT molecular complexity index is 444. The maximum atomic E-state index is 11.5. The van der Waals surface area contributed by atoms with Gasteiger partial charge in [0.05, 0.1) is 22.3 Å². The maximum absolute atomic E-state index is 11.5. The molecule has 0 atom stereocenters. The van der Waals surface area contributed by atoms with Gasteiger partial charge in [-0.2, -0.15) is 0 Å². The van der Waals surface area contributed by atoms with Crippen LogP contribution in [0.15, 0.2) is 16.6 Å². The van der Waals surface area contributed by atoms with Crippen molar-refractivity contribution in [2.45, 2.75) is 6.42 Å². The van der Waals surface area contributed by atoms with E-state index in [1.807, 2.05) is 0 Å². The first-order valence-corrected chi connectivity index (χ1v) is 7.24. The van der Waals surface area contributed by atoms with E-state index in [9.17, 15) is 4.79 Å². The van der Waals surface area contributed by atoms with Gasteiger partial charge in [-0.15, -0.1) is 0 Å². The summed E-state index contributed by atoms with van der Waals surface area (Å²) in [5.74, 6) is -0.105. The van der Waals surface area contributed by atoms with Crippen molar-refractivity contribution in [2.75, 3.05) is 32.1 Å². The van der Waals surface area contributed by atoms with E-state index >= 15 is 0 Å². The van der Waals surface area contributed by atoms with Gasteiger partial charge in [-0.1, -0.05) is 23.2 Å². The van der Waals surface area contributed by atoms with Crippen molar-refractivity contribution in [1.82, 2.24) is 5.32 Å². The van der Waals surface area contributed by atoms with Gasteiger partial charge < -0.3 is 15.4 Å². The smallest absolute Gasteiger partial charge is 0.239 e. The molecule has 0 spiro atoms. The fraction of sp³-hybridized carbons (Fsp3) is 0.417. The van der Waals surface area contributed by atoms with Crippen LogP contribution in [0.1, 0.15) is 6.42 Å². The van der Waals surface area contributed by atoms with E-state index in [0.717, 1.165) is 6.42 Å². The molecule has 0 saturated heterocycles. The second-order valence-electron chi connectivity index (χ2n) is 3.77. The quantitative estimate of drug-likeness (QED) is 0.572. The third-order valence-corrected chi connectivity index (χ3v) is 4.09. The molecule has 7 heteroatoms. The van der Waals surface area contributed by atoms with Gasteiger partial charge in [0.1, 0.15) is 0 Å². The number of rotatable bonds is 7.